The van der Waals surface area contributed by atoms with Crippen molar-refractivity contribution in [3.63, 3.8) is 0 Å². The van der Waals surface area contributed by atoms with Crippen molar-refractivity contribution in [1.29, 1.82) is 0 Å². The van der Waals surface area contributed by atoms with E-state index in [1.165, 1.54) is 13.0 Å². The van der Waals surface area contributed by atoms with Crippen LogP contribution in [0.25, 0.3) is 0 Å². The minimum absolute atomic E-state index is 0.0266. The van der Waals surface area contributed by atoms with E-state index < -0.39 is 57.4 Å². The summed E-state index contributed by atoms with van der Waals surface area (Å²) in [6, 6.07) is 3.33. The van der Waals surface area contributed by atoms with Crippen molar-refractivity contribution in [1.82, 2.24) is 4.98 Å². The highest BCUT2D eigenvalue weighted by atomic mass is 79.9. The van der Waals surface area contributed by atoms with Crippen LogP contribution in [0.15, 0.2) is 46.1 Å². The molecule has 240 valence electrons. The predicted octanol–water partition coefficient (Wildman–Crippen LogP) is 5.01. The van der Waals surface area contributed by atoms with Gasteiger partial charge in [0.1, 0.15) is 34.7 Å². The second-order valence-electron chi connectivity index (χ2n) is 14.1. The van der Waals surface area contributed by atoms with Crippen LogP contribution >= 0.6 is 15.9 Å². The number of pyridine rings is 1. The molecule has 0 aliphatic heterocycles. The molecule has 10 heteroatoms. The third kappa shape index (κ3) is 4.74. The Kier molecular flexibility index (Phi) is 8.35. The molecule has 0 saturated heterocycles. The minimum Gasteiger partial charge on any atom is -0.458 e. The van der Waals surface area contributed by atoms with Gasteiger partial charge in [0.2, 0.25) is 0 Å². The van der Waals surface area contributed by atoms with Crippen LogP contribution in [0.3, 0.4) is 0 Å². The first-order valence-electron chi connectivity index (χ1n) is 15.5. The first kappa shape index (κ1) is 33.0. The van der Waals surface area contributed by atoms with Crippen molar-refractivity contribution in [2.24, 2.45) is 22.7 Å². The van der Waals surface area contributed by atoms with Crippen LogP contribution in [0.2, 0.25) is 0 Å². The maximum Gasteiger partial charge on any atom is 0.357 e. The summed E-state index contributed by atoms with van der Waals surface area (Å²) in [5.41, 5.74) is -5.85. The van der Waals surface area contributed by atoms with Gasteiger partial charge in [-0.2, -0.15) is 0 Å². The van der Waals surface area contributed by atoms with Crippen LogP contribution in [0.4, 0.5) is 0 Å². The minimum atomic E-state index is -2.00. The number of allylic oxidation sites excluding steroid dienone is 1. The number of Topliss-reactive ketones (excluding diaryl/α,β-unsaturated/α-hetero) is 1. The number of aromatic nitrogens is 1. The molecule has 1 unspecified atom stereocenters. The summed E-state index contributed by atoms with van der Waals surface area (Å²) in [5.74, 6) is -2.09. The fourth-order valence-electron chi connectivity index (χ4n) is 8.69. The molecule has 4 aliphatic carbocycles. The fourth-order valence-corrected chi connectivity index (χ4v) is 8.93. The monoisotopic (exact) mass is 673 g/mol. The second-order valence-corrected chi connectivity index (χ2v) is 15.1. The Bertz CT molecular complexity index is 1420. The lowest BCUT2D eigenvalue weighted by Gasteiger charge is -2.67. The predicted molar refractivity (Wildman–Crippen MR) is 165 cm³/mol. The summed E-state index contributed by atoms with van der Waals surface area (Å²) in [7, 11) is 0. The van der Waals surface area contributed by atoms with E-state index in [4.69, 9.17) is 9.47 Å². The highest BCUT2D eigenvalue weighted by molar-refractivity contribution is 9.10. The first-order valence-corrected chi connectivity index (χ1v) is 16.3. The van der Waals surface area contributed by atoms with Crippen molar-refractivity contribution in [3.05, 3.63) is 51.8 Å². The molecule has 9 nitrogen and oxygen atoms in total. The average Bonchev–Trinajstić information content (AvgIpc) is 3.19. The Morgan fingerprint density at radius 1 is 1.07 bits per heavy atom. The molecule has 0 radical (unpaired) electrons. The third-order valence-electron chi connectivity index (χ3n) is 11.9. The zero-order valence-corrected chi connectivity index (χ0v) is 27.9. The summed E-state index contributed by atoms with van der Waals surface area (Å²) in [5, 5.41) is 37.1. The van der Waals surface area contributed by atoms with Gasteiger partial charge in [0.25, 0.3) is 0 Å². The molecule has 0 spiro atoms. The molecule has 1 heterocycles. The van der Waals surface area contributed by atoms with Crippen molar-refractivity contribution < 1.29 is 39.2 Å². The molecule has 0 amide bonds. The van der Waals surface area contributed by atoms with Gasteiger partial charge in [-0.1, -0.05) is 38.0 Å². The summed E-state index contributed by atoms with van der Waals surface area (Å²) >= 11 is 3.32. The van der Waals surface area contributed by atoms with Crippen molar-refractivity contribution in [2.45, 2.75) is 115 Å². The Morgan fingerprint density at radius 3 is 2.39 bits per heavy atom. The number of esters is 2. The van der Waals surface area contributed by atoms with Crippen molar-refractivity contribution in [2.75, 3.05) is 0 Å². The number of halogens is 1. The maximum absolute atomic E-state index is 13.2. The molecular weight excluding hydrogens is 630 g/mol. The van der Waals surface area contributed by atoms with E-state index in [1.807, 2.05) is 33.8 Å². The number of hydrogen-bond acceptors (Lipinski definition) is 9. The van der Waals surface area contributed by atoms with Crippen LogP contribution < -0.4 is 0 Å². The molecule has 5 rings (SSSR count). The van der Waals surface area contributed by atoms with Gasteiger partial charge in [0.05, 0.1) is 5.41 Å². The summed E-state index contributed by atoms with van der Waals surface area (Å²) in [4.78, 5) is 43.2. The van der Waals surface area contributed by atoms with Gasteiger partial charge in [-0.05, 0) is 98.7 Å². The number of nitrogens with zero attached hydrogens (tertiary/aromatic N) is 1. The molecule has 3 saturated carbocycles. The molecule has 1 aromatic heterocycles. The van der Waals surface area contributed by atoms with E-state index in [2.05, 4.69) is 20.9 Å². The van der Waals surface area contributed by atoms with E-state index in [1.54, 1.807) is 25.3 Å². The van der Waals surface area contributed by atoms with Gasteiger partial charge in [-0.15, -0.1) is 0 Å². The van der Waals surface area contributed by atoms with Gasteiger partial charge in [-0.3, -0.25) is 4.79 Å². The van der Waals surface area contributed by atoms with Crippen LogP contribution in [-0.2, 0) is 19.1 Å². The van der Waals surface area contributed by atoms with E-state index >= 15 is 0 Å². The molecule has 3 fully saturated rings. The quantitative estimate of drug-likeness (QED) is 0.216. The maximum atomic E-state index is 13.2. The normalized spacial score (nSPS) is 39.9. The van der Waals surface area contributed by atoms with Gasteiger partial charge < -0.3 is 24.8 Å². The lowest BCUT2D eigenvalue weighted by Crippen LogP contribution is -2.78. The number of carbonyl (C=O) groups excluding carboxylic acids is 3. The molecule has 0 bridgehead atoms. The summed E-state index contributed by atoms with van der Waals surface area (Å²) in [6.45, 7) is 10.7. The highest BCUT2D eigenvalue weighted by Gasteiger charge is 2.81. The largest absolute Gasteiger partial charge is 0.458 e. The van der Waals surface area contributed by atoms with Crippen LogP contribution in [0.1, 0.15) is 97.0 Å². The lowest BCUT2D eigenvalue weighted by molar-refractivity contribution is -0.314. The highest BCUT2D eigenvalue weighted by Crippen LogP contribution is 2.71. The van der Waals surface area contributed by atoms with Gasteiger partial charge in [0.15, 0.2) is 5.78 Å². The first-order chi connectivity index (χ1) is 20.4. The van der Waals surface area contributed by atoms with Crippen LogP contribution in [0, 0.1) is 22.7 Å². The lowest BCUT2D eigenvalue weighted by atomic mass is 9.42. The molecule has 3 N–H and O–H groups in total. The van der Waals surface area contributed by atoms with Gasteiger partial charge >= 0.3 is 11.9 Å². The number of rotatable bonds is 6. The van der Waals surface area contributed by atoms with E-state index in [9.17, 15) is 29.7 Å². The third-order valence-corrected chi connectivity index (χ3v) is 12.3. The Labute approximate surface area is 267 Å². The van der Waals surface area contributed by atoms with Gasteiger partial charge in [-0.25, -0.2) is 14.6 Å². The molecule has 44 heavy (non-hydrogen) atoms. The zero-order valence-electron chi connectivity index (χ0n) is 26.4. The Morgan fingerprint density at radius 2 is 1.77 bits per heavy atom. The van der Waals surface area contributed by atoms with Crippen LogP contribution in [-0.4, -0.2) is 67.0 Å². The number of ether oxygens (including phenoxy) is 2. The molecular formula is C34H44BrNO8. The summed E-state index contributed by atoms with van der Waals surface area (Å²) in [6.07, 6.45) is 5.13. The van der Waals surface area contributed by atoms with Crippen molar-refractivity contribution >= 4 is 33.7 Å². The molecule has 4 aliphatic rings. The Hall–Kier alpha value is -2.40. The second kappa shape index (κ2) is 11.1. The topological polar surface area (TPSA) is 143 Å². The number of carbonyl (C=O) groups is 3. The van der Waals surface area contributed by atoms with Crippen LogP contribution in [0.5, 0.6) is 0 Å². The van der Waals surface area contributed by atoms with Gasteiger partial charge in [0, 0.05) is 29.1 Å². The number of aliphatic hydroxyl groups is 3. The van der Waals surface area contributed by atoms with E-state index in [0.29, 0.717) is 19.3 Å². The molecule has 8 atom stereocenters. The average molecular weight is 675 g/mol. The van der Waals surface area contributed by atoms with E-state index in [0.717, 1.165) is 15.6 Å². The zero-order chi connectivity index (χ0) is 32.5. The fraction of sp³-hybridized carbons (Fsp3) is 0.647. The standard InChI is InChI=1S/C34H44BrNO8/c1-19(2)20(3)15-28(38)44-27-17-26-30(5)11-10-24(43-29(39)25-8-7-23(35)18-36-25)16-22(30)9-12-33(26,41)34(42)14-13-32(40,21(4)37)31(27,34)6/h7-9,15,18-19,24,26-27,40-42H,10-14,16-17H2,1-6H3/b20-15+/t24-,26?,27+,30-,31+,32+,33-,34+/m0/s1. The van der Waals surface area contributed by atoms with Crippen molar-refractivity contribution in [3.8, 4) is 0 Å². The summed E-state index contributed by atoms with van der Waals surface area (Å²) < 4.78 is 12.7. The van der Waals surface area contributed by atoms with E-state index in [-0.39, 0.29) is 43.4 Å². The SMILES string of the molecule is CC(=O)[C@]1(O)CC[C@@]2(O)[C@]1(C)[C@H](OC(=O)/C=C(\C)C(C)C)CC1[C@@]3(C)CC[C@H](OC(=O)c4ccc(Br)cn4)CC3=CC[C@]12O. The smallest absolute Gasteiger partial charge is 0.357 e. The molecule has 1 aromatic rings. The number of hydrogen-bond donors (Lipinski definition) is 3. The Balaban J connectivity index is 1.49. The number of fused-ring (bicyclic) bond motifs is 5. The molecule has 0 aromatic carbocycles. The number of ketones is 1.